The van der Waals surface area contributed by atoms with E-state index >= 15 is 0 Å². The summed E-state index contributed by atoms with van der Waals surface area (Å²) >= 11 is 0. The van der Waals surface area contributed by atoms with Gasteiger partial charge in [-0.3, -0.25) is 27.4 Å². The van der Waals surface area contributed by atoms with E-state index < -0.39 is 99.7 Å². The zero-order chi connectivity index (χ0) is 40.1. The average Bonchev–Trinajstić information content (AvgIpc) is 3.82. The van der Waals surface area contributed by atoms with Crippen molar-refractivity contribution >= 4 is 79.1 Å². The molecule has 5 unspecified atom stereocenters. The number of rotatable bonds is 16. The number of imidazole rings is 2. The molecule has 0 spiro atoms. The normalized spacial score (nSPS) is 28.7. The van der Waals surface area contributed by atoms with E-state index in [-0.39, 0.29) is 29.8 Å². The Morgan fingerprint density at radius 1 is 0.745 bits per heavy atom. The van der Waals surface area contributed by atoms with Crippen LogP contribution in [0.15, 0.2) is 37.2 Å². The maximum atomic E-state index is 12.9. The largest absolute Gasteiger partial charge is 0.397 e. The lowest BCUT2D eigenvalue weighted by atomic mass is 10.2. The summed E-state index contributed by atoms with van der Waals surface area (Å²) < 4.78 is 97.0. The molecule has 3 aromatic heterocycles. The fourth-order valence-corrected chi connectivity index (χ4v) is 16.4. The van der Waals surface area contributed by atoms with E-state index in [4.69, 9.17) is 30.0 Å². The van der Waals surface area contributed by atoms with Gasteiger partial charge in [-0.25, -0.2) is 28.6 Å². The van der Waals surface area contributed by atoms with Crippen molar-refractivity contribution in [3.05, 3.63) is 37.2 Å². The number of nitrogens with zero attached hydrogens (tertiary/aromatic N) is 6. The molecule has 2 saturated heterocycles. The van der Waals surface area contributed by atoms with E-state index in [1.165, 1.54) is 23.5 Å². The van der Waals surface area contributed by atoms with Crippen LogP contribution in [-0.2, 0) is 50.0 Å². The monoisotopic (exact) mass is 874 g/mol. The van der Waals surface area contributed by atoms with Gasteiger partial charge in [-0.15, -0.1) is 0 Å². The van der Waals surface area contributed by atoms with Gasteiger partial charge in [0, 0.05) is 12.8 Å². The predicted molar refractivity (Wildman–Crippen MR) is 192 cm³/mol. The third-order valence-electron chi connectivity index (χ3n) is 8.20. The first kappa shape index (κ1) is 42.2. The summed E-state index contributed by atoms with van der Waals surface area (Å²) in [4.78, 5) is 57.3. The molecule has 0 amide bonds. The molecule has 2 aliphatic rings. The van der Waals surface area contributed by atoms with Crippen LogP contribution in [0.2, 0.25) is 0 Å². The van der Waals surface area contributed by atoms with E-state index in [0.29, 0.717) is 24.3 Å². The van der Waals surface area contributed by atoms with Gasteiger partial charge in [0.05, 0.1) is 49.3 Å². The molecule has 2 aliphatic heterocycles. The van der Waals surface area contributed by atoms with Crippen molar-refractivity contribution in [1.82, 2.24) is 29.1 Å². The summed E-state index contributed by atoms with van der Waals surface area (Å²) in [6.07, 6.45) is -2.56. The molecular weight excluding hydrogens is 838 g/mol. The van der Waals surface area contributed by atoms with E-state index in [0.717, 1.165) is 0 Å². The lowest BCUT2D eigenvalue weighted by molar-refractivity contribution is -0.0395. The molecule has 2 fully saturated rings. The van der Waals surface area contributed by atoms with Crippen molar-refractivity contribution in [2.24, 2.45) is 0 Å². The van der Waals surface area contributed by atoms with Gasteiger partial charge in [-0.2, -0.15) is 0 Å². The van der Waals surface area contributed by atoms with E-state index in [2.05, 4.69) is 28.6 Å². The second-order valence-electron chi connectivity index (χ2n) is 12.7. The highest BCUT2D eigenvalue weighted by Crippen LogP contribution is 2.72. The maximum absolute atomic E-state index is 12.9. The molecule has 31 heteroatoms. The molecule has 10 N–H and O–H groups in total. The number of ether oxygens (including phenoxy) is 2. The summed E-state index contributed by atoms with van der Waals surface area (Å²) in [6, 6.07) is 5.05. The maximum Gasteiger partial charge on any atom is 0.346 e. The van der Waals surface area contributed by atoms with Gasteiger partial charge in [-0.05, 0) is 12.1 Å². The van der Waals surface area contributed by atoms with Gasteiger partial charge in [0.1, 0.15) is 42.0 Å². The number of anilines is 2. The van der Waals surface area contributed by atoms with Crippen LogP contribution in [0.4, 0.5) is 11.5 Å². The van der Waals surface area contributed by atoms with Crippen molar-refractivity contribution in [3.63, 3.8) is 0 Å². The zero-order valence-electron chi connectivity index (χ0n) is 28.4. The number of nitrogens with two attached hydrogens (primary N) is 2. The van der Waals surface area contributed by atoms with Crippen LogP contribution in [0.3, 0.4) is 0 Å². The lowest BCUT2D eigenvalue weighted by Gasteiger charge is -2.24. The first-order valence-electron chi connectivity index (χ1n) is 15.9. The fraction of sp³-hybridized carbons (Fsp3) is 0.500. The second-order valence-corrected chi connectivity index (χ2v) is 23.4. The topological polar surface area (TPSA) is 376 Å². The van der Waals surface area contributed by atoms with Crippen LogP contribution in [0, 0.1) is 0 Å². The van der Waals surface area contributed by atoms with E-state index in [1.54, 1.807) is 22.8 Å². The first-order chi connectivity index (χ1) is 25.5. The van der Waals surface area contributed by atoms with Crippen LogP contribution in [-0.4, -0.2) is 116 Å². The highest BCUT2D eigenvalue weighted by Gasteiger charge is 2.46. The molecule has 0 aliphatic carbocycles. The van der Waals surface area contributed by atoms with Crippen LogP contribution in [0.5, 0.6) is 0 Å². The number of hydrogen-bond donors (Lipinski definition) is 8. The Hall–Kier alpha value is -2.43. The lowest BCUT2D eigenvalue weighted by Crippen LogP contribution is -2.26. The zero-order valence-corrected chi connectivity index (χ0v) is 32.9. The third-order valence-corrected chi connectivity index (χ3v) is 19.4. The minimum atomic E-state index is -5.43. The summed E-state index contributed by atoms with van der Waals surface area (Å²) in [5.74, 6) is -3.28. The minimum Gasteiger partial charge on any atom is -0.397 e. The fourth-order valence-electron chi connectivity index (χ4n) is 5.91. The first-order valence-corrected chi connectivity index (χ1v) is 24.9. The summed E-state index contributed by atoms with van der Waals surface area (Å²) in [6.45, 7) is -1.52. The molecule has 0 radical (unpaired) electrons. The molecule has 4 aromatic rings. The number of aliphatic hydroxyl groups excluding tert-OH is 2. The molecule has 5 heterocycles. The molecule has 11 atom stereocenters. The quantitative estimate of drug-likeness (QED) is 0.0438. The van der Waals surface area contributed by atoms with Gasteiger partial charge in [0.25, 0.3) is 15.0 Å². The summed E-state index contributed by atoms with van der Waals surface area (Å²) in [7, 11) is -25.7. The van der Waals surface area contributed by atoms with Crippen LogP contribution < -0.4 is 11.5 Å². The third kappa shape index (κ3) is 10.2. The van der Waals surface area contributed by atoms with E-state index in [9.17, 15) is 52.6 Å². The Balaban J connectivity index is 0.980. The molecule has 0 saturated carbocycles. The Bertz CT molecular complexity index is 2160. The van der Waals surface area contributed by atoms with Gasteiger partial charge in [0.2, 0.25) is 0 Å². The second kappa shape index (κ2) is 15.7. The van der Waals surface area contributed by atoms with E-state index in [1.807, 2.05) is 0 Å². The van der Waals surface area contributed by atoms with Crippen molar-refractivity contribution in [2.75, 3.05) is 36.5 Å². The standard InChI is InChI=1S/C24H36BN8O17P5/c25-55(44,49-53(40,41)11-51(36,37)45-6-17-15(34)4-19(47-17)32-9-30-21-13(26)2-1-3-14(21)32)50-54(42,43)12-52(38,39)46-7-18-16(35)5-20(48-18)33-10-31-22-23(27)28-8-29-24(22)33/h1-3,8-10,15-20,34-35H,4-7,11-12,25-26H2,(H,36,37)(H,38,39)(H,40,41)(H,42,43)(H2,27,28,29)/t15-,16-,17+,18+,19+,20+,55?/m0/s1. The van der Waals surface area contributed by atoms with Crippen molar-refractivity contribution < 1.29 is 79.8 Å². The van der Waals surface area contributed by atoms with Crippen molar-refractivity contribution in [3.8, 4) is 0 Å². The predicted octanol–water partition coefficient (Wildman–Crippen LogP) is 0.802. The Kier molecular flexibility index (Phi) is 12.1. The van der Waals surface area contributed by atoms with Crippen molar-refractivity contribution in [2.45, 2.75) is 49.7 Å². The molecular formula is C24H36BN8O17P5. The molecule has 1 aromatic carbocycles. The number of hydrogen-bond acceptors (Lipinski definition) is 19. The van der Waals surface area contributed by atoms with Crippen LogP contribution in [0.25, 0.3) is 22.2 Å². The van der Waals surface area contributed by atoms with Gasteiger partial charge in [-0.1, -0.05) is 6.07 Å². The average molecular weight is 874 g/mol. The Morgan fingerprint density at radius 2 is 1.25 bits per heavy atom. The summed E-state index contributed by atoms with van der Waals surface area (Å²) in [5.41, 5.74) is 13.7. The number of aromatic nitrogens is 6. The highest BCUT2D eigenvalue weighted by molar-refractivity contribution is 7.89. The number of nitrogen functional groups attached to an aromatic ring is 2. The Morgan fingerprint density at radius 3 is 1.82 bits per heavy atom. The van der Waals surface area contributed by atoms with Crippen LogP contribution >= 0.6 is 37.9 Å². The number of aliphatic hydroxyl groups is 2. The van der Waals surface area contributed by atoms with Gasteiger partial charge in [0.15, 0.2) is 23.3 Å². The number of benzene rings is 1. The minimum absolute atomic E-state index is 0.0160. The Labute approximate surface area is 310 Å². The molecule has 25 nitrogen and oxygen atoms in total. The van der Waals surface area contributed by atoms with Gasteiger partial charge < -0.3 is 64.3 Å². The molecule has 6 rings (SSSR count). The summed E-state index contributed by atoms with van der Waals surface area (Å²) in [5, 5.41) is 21.0. The van der Waals surface area contributed by atoms with Crippen molar-refractivity contribution in [1.29, 1.82) is 0 Å². The smallest absolute Gasteiger partial charge is 0.346 e. The molecule has 302 valence electrons. The number of para-hydroxylation sites is 1. The molecule has 0 bridgehead atoms. The SMILES string of the molecule is BP(=O)(OP(=O)(O)CP(=O)(O)OC[C@H]1O[C@@H](n2cnc3c(N)cccc32)C[C@@H]1O)OP(=O)(O)CP(=O)(O)OC[C@H]1O[C@@H](n2cnc3c(N)ncnc32)C[C@@H]1O. The van der Waals surface area contributed by atoms with Crippen LogP contribution in [0.1, 0.15) is 25.3 Å². The van der Waals surface area contributed by atoms with Gasteiger partial charge >= 0.3 is 30.4 Å². The number of fused-ring (bicyclic) bond motifs is 2. The highest BCUT2D eigenvalue weighted by atomic mass is 31.3. The molecule has 55 heavy (non-hydrogen) atoms.